The van der Waals surface area contributed by atoms with Crippen LogP contribution < -0.4 is 0 Å². The van der Waals surface area contributed by atoms with Crippen molar-refractivity contribution in [3.63, 3.8) is 0 Å². The third kappa shape index (κ3) is 10.2. The third-order valence-electron chi connectivity index (χ3n) is 1.38. The van der Waals surface area contributed by atoms with Gasteiger partial charge in [0.2, 0.25) is 0 Å². The molecule has 15 heavy (non-hydrogen) atoms. The van der Waals surface area contributed by atoms with Crippen molar-refractivity contribution in [2.75, 3.05) is 5.75 Å². The molecular formula is C8H16MgO5S. The van der Waals surface area contributed by atoms with Crippen LogP contribution in [-0.4, -0.2) is 43.2 Å². The molecule has 0 saturated heterocycles. The first-order chi connectivity index (χ1) is 6.52. The second kappa shape index (κ2) is 9.14. The monoisotopic (exact) mass is 248 g/mol. The third-order valence-corrected chi connectivity index (χ3v) is 2.45. The molecule has 0 rings (SSSR count). The summed E-state index contributed by atoms with van der Waals surface area (Å²) in [7, 11) is -3.75. The van der Waals surface area contributed by atoms with Crippen molar-refractivity contribution in [1.82, 2.24) is 0 Å². The van der Waals surface area contributed by atoms with E-state index in [9.17, 15) is 13.2 Å². The largest absolute Gasteiger partial charge is 0.366 e. The number of rotatable bonds is 7. The molecule has 0 aliphatic heterocycles. The van der Waals surface area contributed by atoms with Crippen molar-refractivity contribution in [2.24, 2.45) is 0 Å². The standard InChI is InChI=1S/C8H14O5S.Mg.2H/c1-3-5-6-7-14(10,11)13-12-8(9)4-2;;;/h4H,2-3,5-7H2,1H3;;;. The van der Waals surface area contributed by atoms with Gasteiger partial charge in [-0.15, -0.1) is 0 Å². The first-order valence-corrected chi connectivity index (χ1v) is 5.84. The highest BCUT2D eigenvalue weighted by molar-refractivity contribution is 7.86. The fraction of sp³-hybridized carbons (Fsp3) is 0.625. The summed E-state index contributed by atoms with van der Waals surface area (Å²) in [5.74, 6) is -1.07. The molecule has 0 fully saturated rings. The molecule has 0 aliphatic carbocycles. The van der Waals surface area contributed by atoms with E-state index in [0.29, 0.717) is 6.42 Å². The summed E-state index contributed by atoms with van der Waals surface area (Å²) in [4.78, 5) is 14.4. The second-order valence-electron chi connectivity index (χ2n) is 2.64. The number of carbonyl (C=O) groups is 1. The minimum Gasteiger partial charge on any atom is -0.277 e. The zero-order valence-electron chi connectivity index (χ0n) is 8.06. The van der Waals surface area contributed by atoms with Gasteiger partial charge in [0.15, 0.2) is 0 Å². The summed E-state index contributed by atoms with van der Waals surface area (Å²) in [6.45, 7) is 5.04. The Morgan fingerprint density at radius 1 is 1.40 bits per heavy atom. The lowest BCUT2D eigenvalue weighted by atomic mass is 10.3. The van der Waals surface area contributed by atoms with Crippen molar-refractivity contribution in [3.8, 4) is 0 Å². The zero-order chi connectivity index (χ0) is 11.0. The smallest absolute Gasteiger partial charge is 0.277 e. The van der Waals surface area contributed by atoms with E-state index in [1.165, 1.54) is 0 Å². The van der Waals surface area contributed by atoms with Crippen LogP contribution in [0.3, 0.4) is 0 Å². The summed E-state index contributed by atoms with van der Waals surface area (Å²) in [5, 5.41) is 0. The lowest BCUT2D eigenvalue weighted by Gasteiger charge is -2.01. The van der Waals surface area contributed by atoms with Crippen LogP contribution in [0.4, 0.5) is 0 Å². The topological polar surface area (TPSA) is 69.7 Å². The highest BCUT2D eigenvalue weighted by Crippen LogP contribution is 2.02. The maximum absolute atomic E-state index is 11.0. The molecule has 0 radical (unpaired) electrons. The van der Waals surface area contributed by atoms with E-state index in [0.717, 1.165) is 18.9 Å². The van der Waals surface area contributed by atoms with E-state index in [4.69, 9.17) is 0 Å². The van der Waals surface area contributed by atoms with Crippen LogP contribution >= 0.6 is 0 Å². The predicted molar refractivity (Wildman–Crippen MR) is 59.2 cm³/mol. The quantitative estimate of drug-likeness (QED) is 0.212. The average molecular weight is 249 g/mol. The van der Waals surface area contributed by atoms with Gasteiger partial charge in [0, 0.05) is 6.08 Å². The van der Waals surface area contributed by atoms with E-state index in [1.54, 1.807) is 0 Å². The predicted octanol–water partition coefficient (Wildman–Crippen LogP) is 0.251. The highest BCUT2D eigenvalue weighted by atomic mass is 32.2. The van der Waals surface area contributed by atoms with Crippen LogP contribution in [0.25, 0.3) is 0 Å². The highest BCUT2D eigenvalue weighted by Gasteiger charge is 2.13. The Labute approximate surface area is 106 Å². The van der Waals surface area contributed by atoms with E-state index in [-0.39, 0.29) is 28.8 Å². The van der Waals surface area contributed by atoms with Crippen molar-refractivity contribution >= 4 is 39.1 Å². The fourth-order valence-electron chi connectivity index (χ4n) is 0.682. The molecule has 0 aromatic heterocycles. The molecule has 0 saturated carbocycles. The number of carbonyl (C=O) groups excluding carboxylic acids is 1. The average Bonchev–Trinajstić information content (AvgIpc) is 2.14. The van der Waals surface area contributed by atoms with Gasteiger partial charge >= 0.3 is 39.1 Å². The van der Waals surface area contributed by atoms with Crippen molar-refractivity contribution in [3.05, 3.63) is 12.7 Å². The summed E-state index contributed by atoms with van der Waals surface area (Å²) >= 11 is 0. The van der Waals surface area contributed by atoms with E-state index >= 15 is 0 Å². The first-order valence-electron chi connectivity index (χ1n) is 4.27. The molecule has 86 valence electrons. The molecule has 0 bridgehead atoms. The Morgan fingerprint density at radius 3 is 2.47 bits per heavy atom. The Bertz CT molecular complexity index is 285. The van der Waals surface area contributed by atoms with Gasteiger partial charge < -0.3 is 0 Å². The maximum atomic E-state index is 11.0. The second-order valence-corrected chi connectivity index (χ2v) is 4.30. The summed E-state index contributed by atoms with van der Waals surface area (Å²) in [5.41, 5.74) is 0. The SMILES string of the molecule is C=CC(=O)OOS(=O)(=O)CCCCC.[MgH2]. The molecule has 0 amide bonds. The molecule has 0 unspecified atom stereocenters. The molecule has 7 heteroatoms. The first kappa shape index (κ1) is 17.3. The normalized spacial score (nSPS) is 10.2. The molecule has 0 spiro atoms. The van der Waals surface area contributed by atoms with Gasteiger partial charge in [0.1, 0.15) is 0 Å². The minimum absolute atomic E-state index is 0. The van der Waals surface area contributed by atoms with Crippen LogP contribution in [0.15, 0.2) is 12.7 Å². The summed E-state index contributed by atoms with van der Waals surface area (Å²) in [6.07, 6.45) is 3.01. The van der Waals surface area contributed by atoms with Gasteiger partial charge in [-0.05, 0) is 6.42 Å². The Kier molecular flexibility index (Phi) is 10.5. The van der Waals surface area contributed by atoms with E-state index in [2.05, 4.69) is 15.8 Å². The van der Waals surface area contributed by atoms with E-state index < -0.39 is 16.1 Å². The molecule has 0 aromatic carbocycles. The molecule has 5 nitrogen and oxygen atoms in total. The van der Waals surface area contributed by atoms with Crippen LogP contribution in [0, 0.1) is 0 Å². The molecular weight excluding hydrogens is 232 g/mol. The molecule has 0 aliphatic rings. The molecule has 0 atom stereocenters. The van der Waals surface area contributed by atoms with Crippen LogP contribution in [0.5, 0.6) is 0 Å². The van der Waals surface area contributed by atoms with Crippen molar-refractivity contribution < 1.29 is 22.4 Å². The van der Waals surface area contributed by atoms with Crippen molar-refractivity contribution in [1.29, 1.82) is 0 Å². The summed E-state index contributed by atoms with van der Waals surface area (Å²) < 4.78 is 26.0. The minimum atomic E-state index is -3.75. The number of unbranched alkanes of at least 4 members (excludes halogenated alkanes) is 2. The number of hydrogen-bond donors (Lipinski definition) is 0. The van der Waals surface area contributed by atoms with Crippen LogP contribution in [0.1, 0.15) is 26.2 Å². The van der Waals surface area contributed by atoms with E-state index in [1.807, 2.05) is 6.92 Å². The Morgan fingerprint density at radius 2 is 2.00 bits per heavy atom. The van der Waals surface area contributed by atoms with Crippen LogP contribution in [0.2, 0.25) is 0 Å². The molecule has 0 aromatic rings. The van der Waals surface area contributed by atoms with Gasteiger partial charge in [-0.2, -0.15) is 8.42 Å². The van der Waals surface area contributed by atoms with Gasteiger partial charge in [-0.1, -0.05) is 30.7 Å². The molecule has 0 N–H and O–H groups in total. The van der Waals surface area contributed by atoms with Crippen LogP contribution in [-0.2, 0) is 24.1 Å². The van der Waals surface area contributed by atoms with Gasteiger partial charge in [0.25, 0.3) is 0 Å². The van der Waals surface area contributed by atoms with Gasteiger partial charge in [0.05, 0.1) is 5.75 Å². The molecule has 0 heterocycles. The maximum Gasteiger partial charge on any atom is 0.366 e. The Balaban J connectivity index is 0. The zero-order valence-corrected chi connectivity index (χ0v) is 8.88. The lowest BCUT2D eigenvalue weighted by molar-refractivity contribution is -0.204. The summed E-state index contributed by atoms with van der Waals surface area (Å²) in [6, 6.07) is 0. The van der Waals surface area contributed by atoms with Gasteiger partial charge in [-0.25, -0.2) is 4.79 Å². The lowest BCUT2D eigenvalue weighted by Crippen LogP contribution is -2.13. The number of hydrogen-bond acceptors (Lipinski definition) is 5. The van der Waals surface area contributed by atoms with Crippen molar-refractivity contribution in [2.45, 2.75) is 26.2 Å². The fourth-order valence-corrected chi connectivity index (χ4v) is 1.48. The Hall–Kier alpha value is -0.114. The van der Waals surface area contributed by atoms with Gasteiger partial charge in [-0.3, -0.25) is 4.89 Å².